The zero-order valence-corrected chi connectivity index (χ0v) is 17.0. The van der Waals surface area contributed by atoms with E-state index in [1.165, 1.54) is 0 Å². The molecular weight excluding hydrogens is 397 g/mol. The summed E-state index contributed by atoms with van der Waals surface area (Å²) in [6.45, 7) is 5.15. The van der Waals surface area contributed by atoms with Crippen LogP contribution >= 0.6 is 23.2 Å². The Hall–Kier alpha value is -2.12. The Morgan fingerprint density at radius 2 is 1.86 bits per heavy atom. The van der Waals surface area contributed by atoms with Crippen LogP contribution in [0.25, 0.3) is 10.8 Å². The number of hydrogen-bond acceptors (Lipinski definition) is 6. The van der Waals surface area contributed by atoms with Crippen LogP contribution in [0.3, 0.4) is 0 Å². The molecule has 0 saturated carbocycles. The zero-order chi connectivity index (χ0) is 19.7. The second-order valence-electron chi connectivity index (χ2n) is 6.75. The van der Waals surface area contributed by atoms with Crippen molar-refractivity contribution in [3.05, 3.63) is 57.7 Å². The molecule has 1 aliphatic heterocycles. The molecule has 8 heteroatoms. The van der Waals surface area contributed by atoms with Crippen LogP contribution < -0.4 is 16.0 Å². The summed E-state index contributed by atoms with van der Waals surface area (Å²) in [5, 5.41) is 15.0. The predicted octanol–water partition coefficient (Wildman–Crippen LogP) is 4.15. The van der Waals surface area contributed by atoms with E-state index < -0.39 is 6.17 Å². The summed E-state index contributed by atoms with van der Waals surface area (Å²) in [7, 11) is 0. The fourth-order valence-corrected chi connectivity index (χ4v) is 3.91. The van der Waals surface area contributed by atoms with E-state index in [-0.39, 0.29) is 0 Å². The van der Waals surface area contributed by atoms with Crippen LogP contribution in [-0.4, -0.2) is 36.5 Å². The van der Waals surface area contributed by atoms with Gasteiger partial charge in [0.15, 0.2) is 5.82 Å². The van der Waals surface area contributed by atoms with E-state index in [2.05, 4.69) is 38.6 Å². The normalized spacial score (nSPS) is 15.6. The van der Waals surface area contributed by atoms with Gasteiger partial charge in [-0.1, -0.05) is 35.3 Å². The number of nitrogens with one attached hydrogen (secondary N) is 1. The van der Waals surface area contributed by atoms with Crippen molar-refractivity contribution in [2.75, 3.05) is 36.5 Å². The second kappa shape index (κ2) is 8.09. The Balaban J connectivity index is 1.70. The van der Waals surface area contributed by atoms with Crippen molar-refractivity contribution in [1.82, 2.24) is 10.2 Å². The minimum Gasteiger partial charge on any atom is -0.378 e. The molecule has 1 aromatic heterocycles. The van der Waals surface area contributed by atoms with Gasteiger partial charge in [-0.15, -0.1) is 5.10 Å². The van der Waals surface area contributed by atoms with Gasteiger partial charge in [-0.2, -0.15) is 5.10 Å². The maximum atomic E-state index is 6.35. The number of nitrogens with zero attached hydrogens (tertiary/aromatic N) is 3. The van der Waals surface area contributed by atoms with E-state index in [1.807, 2.05) is 13.0 Å². The Morgan fingerprint density at radius 1 is 1.07 bits per heavy atom. The number of morpholine rings is 1. The summed E-state index contributed by atoms with van der Waals surface area (Å²) in [5.41, 5.74) is 9.09. The number of hydrogen-bond donors (Lipinski definition) is 2. The van der Waals surface area contributed by atoms with Crippen molar-refractivity contribution in [3.63, 3.8) is 0 Å². The molecule has 3 N–H and O–H groups in total. The van der Waals surface area contributed by atoms with Crippen molar-refractivity contribution < 1.29 is 4.74 Å². The smallest absolute Gasteiger partial charge is 0.158 e. The number of benzene rings is 2. The Morgan fingerprint density at radius 3 is 2.61 bits per heavy atom. The summed E-state index contributed by atoms with van der Waals surface area (Å²) in [4.78, 5) is 2.30. The third kappa shape index (κ3) is 3.86. The van der Waals surface area contributed by atoms with E-state index >= 15 is 0 Å². The Kier molecular flexibility index (Phi) is 5.55. The molecule has 0 spiro atoms. The first-order chi connectivity index (χ1) is 13.5. The van der Waals surface area contributed by atoms with Crippen LogP contribution in [0.5, 0.6) is 0 Å². The van der Waals surface area contributed by atoms with Crippen LogP contribution in [0.1, 0.15) is 17.4 Å². The first kappa shape index (κ1) is 19.2. The molecule has 2 heterocycles. The molecule has 1 fully saturated rings. The van der Waals surface area contributed by atoms with E-state index in [1.54, 1.807) is 12.1 Å². The molecule has 1 atom stereocenters. The van der Waals surface area contributed by atoms with Gasteiger partial charge in [0.05, 0.1) is 18.9 Å². The minimum absolute atomic E-state index is 0.505. The predicted molar refractivity (Wildman–Crippen MR) is 114 cm³/mol. The third-order valence-corrected chi connectivity index (χ3v) is 5.48. The highest BCUT2D eigenvalue weighted by molar-refractivity contribution is 6.35. The summed E-state index contributed by atoms with van der Waals surface area (Å²) < 4.78 is 5.46. The monoisotopic (exact) mass is 417 g/mol. The van der Waals surface area contributed by atoms with Crippen LogP contribution in [0.2, 0.25) is 10.0 Å². The van der Waals surface area contributed by atoms with Gasteiger partial charge in [0.1, 0.15) is 6.17 Å². The molecule has 6 nitrogen and oxygen atoms in total. The molecule has 1 saturated heterocycles. The Labute approximate surface area is 173 Å². The number of ether oxygens (including phenoxy) is 1. The molecule has 28 heavy (non-hydrogen) atoms. The highest BCUT2D eigenvalue weighted by Gasteiger charge is 2.17. The molecule has 3 aromatic rings. The van der Waals surface area contributed by atoms with Gasteiger partial charge in [0, 0.05) is 45.2 Å². The lowest BCUT2D eigenvalue weighted by Gasteiger charge is -2.29. The summed E-state index contributed by atoms with van der Waals surface area (Å²) in [5.74, 6) is 0.620. The average molecular weight is 418 g/mol. The molecule has 0 unspecified atom stereocenters. The van der Waals surface area contributed by atoms with Gasteiger partial charge >= 0.3 is 0 Å². The fourth-order valence-electron chi connectivity index (χ4n) is 3.38. The van der Waals surface area contributed by atoms with Crippen LogP contribution in [0.4, 0.5) is 11.5 Å². The van der Waals surface area contributed by atoms with Gasteiger partial charge in [-0.25, -0.2) is 0 Å². The van der Waals surface area contributed by atoms with Gasteiger partial charge in [-0.3, -0.25) is 0 Å². The zero-order valence-electron chi connectivity index (χ0n) is 15.5. The molecule has 4 rings (SSSR count). The first-order valence-corrected chi connectivity index (χ1v) is 9.85. The quantitative estimate of drug-likeness (QED) is 0.620. The van der Waals surface area contributed by atoms with Crippen molar-refractivity contribution >= 4 is 45.5 Å². The molecule has 0 radical (unpaired) electrons. The lowest BCUT2D eigenvalue weighted by Crippen LogP contribution is -2.36. The number of fused-ring (bicyclic) bond motifs is 1. The maximum Gasteiger partial charge on any atom is 0.158 e. The molecule has 0 bridgehead atoms. The van der Waals surface area contributed by atoms with Gasteiger partial charge in [0.2, 0.25) is 0 Å². The highest BCUT2D eigenvalue weighted by Crippen LogP contribution is 2.31. The topological polar surface area (TPSA) is 76.3 Å². The number of aromatic nitrogens is 2. The van der Waals surface area contributed by atoms with Gasteiger partial charge < -0.3 is 20.7 Å². The number of aryl methyl sites for hydroxylation is 1. The van der Waals surface area contributed by atoms with E-state index in [0.29, 0.717) is 15.9 Å². The second-order valence-corrected chi connectivity index (χ2v) is 7.59. The van der Waals surface area contributed by atoms with Crippen molar-refractivity contribution in [2.24, 2.45) is 5.73 Å². The summed E-state index contributed by atoms with van der Waals surface area (Å²) in [6, 6.07) is 11.6. The molecule has 146 valence electrons. The molecule has 2 aromatic carbocycles. The minimum atomic E-state index is -0.544. The molecule has 1 aliphatic rings. The largest absolute Gasteiger partial charge is 0.378 e. The number of nitrogens with two attached hydrogens (primary N) is 1. The fraction of sp³-hybridized carbons (Fsp3) is 0.300. The van der Waals surface area contributed by atoms with Gasteiger partial charge in [-0.05, 0) is 31.2 Å². The van der Waals surface area contributed by atoms with E-state index in [4.69, 9.17) is 33.7 Å². The molecular formula is C20H21Cl2N5O. The SMILES string of the molecule is Cc1nnc(N[C@H](N)c2ccc(Cl)cc2Cl)c2cc(N3CCOCC3)ccc12. The maximum absolute atomic E-state index is 6.35. The number of halogens is 2. The summed E-state index contributed by atoms with van der Waals surface area (Å²) in [6.07, 6.45) is -0.544. The van der Waals surface area contributed by atoms with Crippen molar-refractivity contribution in [3.8, 4) is 0 Å². The highest BCUT2D eigenvalue weighted by atomic mass is 35.5. The Bertz CT molecular complexity index is 1010. The van der Waals surface area contributed by atoms with Crippen molar-refractivity contribution in [2.45, 2.75) is 13.1 Å². The first-order valence-electron chi connectivity index (χ1n) is 9.10. The standard InChI is InChI=1S/C20H21Cl2N5O/c1-12-15-5-3-14(27-6-8-28-9-7-27)11-17(15)20(26-25-12)24-19(23)16-4-2-13(21)10-18(16)22/h2-5,10-11,19H,6-9,23H2,1H3,(H,24,26)/t19-/m0/s1. The van der Waals surface area contributed by atoms with E-state index in [9.17, 15) is 0 Å². The van der Waals surface area contributed by atoms with Crippen LogP contribution in [0, 0.1) is 6.92 Å². The van der Waals surface area contributed by atoms with Crippen molar-refractivity contribution in [1.29, 1.82) is 0 Å². The lowest BCUT2D eigenvalue weighted by atomic mass is 10.1. The van der Waals surface area contributed by atoms with E-state index in [0.717, 1.165) is 54.0 Å². The van der Waals surface area contributed by atoms with Gasteiger partial charge in [0.25, 0.3) is 0 Å². The van der Waals surface area contributed by atoms with Crippen LogP contribution in [0.15, 0.2) is 36.4 Å². The average Bonchev–Trinajstić information content (AvgIpc) is 2.70. The molecule has 0 aliphatic carbocycles. The van der Waals surface area contributed by atoms with Crippen LogP contribution in [-0.2, 0) is 4.74 Å². The summed E-state index contributed by atoms with van der Waals surface area (Å²) >= 11 is 12.3. The number of rotatable bonds is 4. The molecule has 0 amide bonds. The number of anilines is 2. The third-order valence-electron chi connectivity index (χ3n) is 4.91. The lowest BCUT2D eigenvalue weighted by molar-refractivity contribution is 0.122.